The van der Waals surface area contributed by atoms with Crippen molar-refractivity contribution >= 4 is 5.97 Å². The Hall–Kier alpha value is -1.32. The van der Waals surface area contributed by atoms with Gasteiger partial charge in [0.1, 0.15) is 0 Å². The van der Waals surface area contributed by atoms with Gasteiger partial charge in [-0.15, -0.1) is 0 Å². The van der Waals surface area contributed by atoms with Gasteiger partial charge in [-0.05, 0) is 25.3 Å². The van der Waals surface area contributed by atoms with Crippen molar-refractivity contribution in [1.29, 1.82) is 0 Å². The van der Waals surface area contributed by atoms with Crippen LogP contribution in [-0.4, -0.2) is 20.9 Å². The van der Waals surface area contributed by atoms with Crippen LogP contribution in [0.2, 0.25) is 0 Å². The molecule has 4 heteroatoms. The number of aromatic nitrogens is 2. The topological polar surface area (TPSA) is 55.1 Å². The first kappa shape index (κ1) is 11.2. The highest BCUT2D eigenvalue weighted by Gasteiger charge is 2.63. The first-order valence-corrected chi connectivity index (χ1v) is 5.63. The molecule has 1 aromatic rings. The van der Waals surface area contributed by atoms with Crippen LogP contribution < -0.4 is 0 Å². The standard InChI is InChI=1S/C12H18N2O2/c1-7(2)14-8(5-6-13-14)9-10(11(15)16)12(9,3)4/h5-7,9-10H,1-4H3,(H,15,16)/t9-,10+/m1/s1. The molecular weight excluding hydrogens is 204 g/mol. The highest BCUT2D eigenvalue weighted by molar-refractivity contribution is 5.77. The lowest BCUT2D eigenvalue weighted by atomic mass is 10.1. The van der Waals surface area contributed by atoms with Crippen molar-refractivity contribution in [2.75, 3.05) is 0 Å². The molecule has 0 bridgehead atoms. The van der Waals surface area contributed by atoms with Crippen molar-refractivity contribution < 1.29 is 9.90 Å². The number of hydrogen-bond acceptors (Lipinski definition) is 2. The summed E-state index contributed by atoms with van der Waals surface area (Å²) in [5.41, 5.74) is 0.894. The molecule has 2 atom stereocenters. The third kappa shape index (κ3) is 1.44. The van der Waals surface area contributed by atoms with Gasteiger partial charge in [-0.1, -0.05) is 13.8 Å². The smallest absolute Gasteiger partial charge is 0.307 e. The minimum atomic E-state index is -0.702. The molecule has 0 amide bonds. The predicted octanol–water partition coefficient (Wildman–Crippen LogP) is 2.29. The maximum atomic E-state index is 11.1. The quantitative estimate of drug-likeness (QED) is 0.853. The molecule has 0 radical (unpaired) electrons. The van der Waals surface area contributed by atoms with Crippen molar-refractivity contribution in [3.8, 4) is 0 Å². The average Bonchev–Trinajstić information content (AvgIpc) is 2.59. The third-order valence-electron chi connectivity index (χ3n) is 3.60. The second kappa shape index (κ2) is 3.34. The van der Waals surface area contributed by atoms with Crippen LogP contribution >= 0.6 is 0 Å². The lowest BCUT2D eigenvalue weighted by molar-refractivity contribution is -0.139. The first-order chi connectivity index (χ1) is 7.37. The Morgan fingerprint density at radius 1 is 1.56 bits per heavy atom. The van der Waals surface area contributed by atoms with E-state index in [1.54, 1.807) is 6.20 Å². The number of nitrogens with zero attached hydrogens (tertiary/aromatic N) is 2. The minimum absolute atomic E-state index is 0.0925. The molecule has 16 heavy (non-hydrogen) atoms. The molecule has 0 aliphatic heterocycles. The van der Waals surface area contributed by atoms with E-state index in [4.69, 9.17) is 5.11 Å². The summed E-state index contributed by atoms with van der Waals surface area (Å²) in [6.07, 6.45) is 1.75. The summed E-state index contributed by atoms with van der Waals surface area (Å²) in [4.78, 5) is 11.1. The van der Waals surface area contributed by atoms with Crippen molar-refractivity contribution in [3.63, 3.8) is 0 Å². The molecule has 88 valence electrons. The Morgan fingerprint density at radius 3 is 2.62 bits per heavy atom. The predicted molar refractivity (Wildman–Crippen MR) is 60.3 cm³/mol. The molecule has 1 heterocycles. The number of carbonyl (C=O) groups is 1. The Bertz CT molecular complexity index is 420. The van der Waals surface area contributed by atoms with Crippen LogP contribution in [-0.2, 0) is 4.79 Å². The molecular formula is C12H18N2O2. The van der Waals surface area contributed by atoms with Gasteiger partial charge in [-0.25, -0.2) is 0 Å². The van der Waals surface area contributed by atoms with E-state index in [0.717, 1.165) is 5.69 Å². The maximum absolute atomic E-state index is 11.1. The summed E-state index contributed by atoms with van der Waals surface area (Å²) in [6, 6.07) is 2.21. The molecule has 0 aromatic carbocycles. The second-order valence-electron chi connectivity index (χ2n) is 5.41. The zero-order valence-electron chi connectivity index (χ0n) is 10.1. The summed E-state index contributed by atoms with van der Waals surface area (Å²) in [5, 5.41) is 13.4. The highest BCUT2D eigenvalue weighted by atomic mass is 16.4. The fourth-order valence-corrected chi connectivity index (χ4v) is 2.65. The van der Waals surface area contributed by atoms with Crippen LogP contribution in [0.1, 0.15) is 45.3 Å². The summed E-state index contributed by atoms with van der Waals surface area (Å²) in [6.45, 7) is 8.13. The highest BCUT2D eigenvalue weighted by Crippen LogP contribution is 2.64. The van der Waals surface area contributed by atoms with E-state index >= 15 is 0 Å². The summed E-state index contributed by atoms with van der Waals surface area (Å²) < 4.78 is 1.93. The van der Waals surface area contributed by atoms with Gasteiger partial charge in [-0.2, -0.15) is 5.10 Å². The zero-order valence-corrected chi connectivity index (χ0v) is 10.1. The van der Waals surface area contributed by atoms with Gasteiger partial charge in [0.2, 0.25) is 0 Å². The molecule has 2 rings (SSSR count). The van der Waals surface area contributed by atoms with E-state index < -0.39 is 5.97 Å². The van der Waals surface area contributed by atoms with Gasteiger partial charge in [0, 0.05) is 23.9 Å². The van der Waals surface area contributed by atoms with E-state index in [-0.39, 0.29) is 23.3 Å². The van der Waals surface area contributed by atoms with Gasteiger partial charge in [0.05, 0.1) is 5.92 Å². The van der Waals surface area contributed by atoms with Crippen LogP contribution in [0, 0.1) is 11.3 Å². The van der Waals surface area contributed by atoms with Gasteiger partial charge >= 0.3 is 5.97 Å². The third-order valence-corrected chi connectivity index (χ3v) is 3.60. The SMILES string of the molecule is CC(C)n1nccc1[C@@H]1[C@@H](C(=O)O)C1(C)C. The molecule has 1 aliphatic rings. The Labute approximate surface area is 95.3 Å². The summed E-state index contributed by atoms with van der Waals surface area (Å²) in [5.74, 6) is -0.886. The monoisotopic (exact) mass is 222 g/mol. The van der Waals surface area contributed by atoms with Crippen LogP contribution in [0.3, 0.4) is 0 Å². The molecule has 0 spiro atoms. The van der Waals surface area contributed by atoms with Crippen LogP contribution in [0.4, 0.5) is 0 Å². The maximum Gasteiger partial charge on any atom is 0.307 e. The van der Waals surface area contributed by atoms with Crippen LogP contribution in [0.25, 0.3) is 0 Å². The molecule has 4 nitrogen and oxygen atoms in total. The molecule has 1 fully saturated rings. The Balaban J connectivity index is 2.33. The molecule has 1 N–H and O–H groups in total. The van der Waals surface area contributed by atoms with Crippen LogP contribution in [0.5, 0.6) is 0 Å². The van der Waals surface area contributed by atoms with Crippen molar-refractivity contribution in [3.05, 3.63) is 18.0 Å². The van der Waals surface area contributed by atoms with E-state index in [1.807, 2.05) is 24.6 Å². The number of hydrogen-bond donors (Lipinski definition) is 1. The van der Waals surface area contributed by atoms with E-state index in [1.165, 1.54) is 0 Å². The number of carboxylic acids is 1. The number of aliphatic carboxylic acids is 1. The largest absolute Gasteiger partial charge is 0.481 e. The van der Waals surface area contributed by atoms with Gasteiger partial charge in [0.25, 0.3) is 0 Å². The average molecular weight is 222 g/mol. The fourth-order valence-electron chi connectivity index (χ4n) is 2.65. The lowest BCUT2D eigenvalue weighted by Crippen LogP contribution is -2.08. The Kier molecular flexibility index (Phi) is 2.33. The van der Waals surface area contributed by atoms with E-state index in [2.05, 4.69) is 18.9 Å². The first-order valence-electron chi connectivity index (χ1n) is 5.63. The van der Waals surface area contributed by atoms with Crippen LogP contribution in [0.15, 0.2) is 12.3 Å². The van der Waals surface area contributed by atoms with E-state index in [9.17, 15) is 4.79 Å². The van der Waals surface area contributed by atoms with Gasteiger partial charge in [0.15, 0.2) is 0 Å². The summed E-state index contributed by atoms with van der Waals surface area (Å²) >= 11 is 0. The van der Waals surface area contributed by atoms with Gasteiger partial charge < -0.3 is 5.11 Å². The minimum Gasteiger partial charge on any atom is -0.481 e. The van der Waals surface area contributed by atoms with Crippen molar-refractivity contribution in [1.82, 2.24) is 9.78 Å². The molecule has 1 aliphatic carbocycles. The molecule has 1 aromatic heterocycles. The second-order valence-corrected chi connectivity index (χ2v) is 5.41. The van der Waals surface area contributed by atoms with Crippen molar-refractivity contribution in [2.24, 2.45) is 11.3 Å². The fraction of sp³-hybridized carbons (Fsp3) is 0.667. The summed E-state index contributed by atoms with van der Waals surface area (Å²) in [7, 11) is 0. The molecule has 0 saturated heterocycles. The van der Waals surface area contributed by atoms with Gasteiger partial charge in [-0.3, -0.25) is 9.48 Å². The number of carboxylic acid groups (broad SMARTS) is 1. The number of rotatable bonds is 3. The molecule has 0 unspecified atom stereocenters. The normalized spacial score (nSPS) is 27.1. The van der Waals surface area contributed by atoms with E-state index in [0.29, 0.717) is 0 Å². The zero-order chi connectivity index (χ0) is 12.1. The lowest BCUT2D eigenvalue weighted by Gasteiger charge is -2.11. The van der Waals surface area contributed by atoms with Crippen molar-refractivity contribution in [2.45, 2.75) is 39.7 Å². The Morgan fingerprint density at radius 2 is 2.19 bits per heavy atom. The molecule has 1 saturated carbocycles.